The molecule has 0 aliphatic carbocycles. The highest BCUT2D eigenvalue weighted by Gasteiger charge is 2.42. The minimum absolute atomic E-state index is 0.0188. The molecule has 7 heteroatoms. The Balaban J connectivity index is 2.49. The Morgan fingerprint density at radius 3 is 2.71 bits per heavy atom. The van der Waals surface area contributed by atoms with Crippen molar-refractivity contribution >= 4 is 21.6 Å². The zero-order valence-corrected chi connectivity index (χ0v) is 13.7. The third kappa shape index (κ3) is 3.06. The zero-order chi connectivity index (χ0) is 15.8. The topological polar surface area (TPSA) is 70.4 Å². The summed E-state index contributed by atoms with van der Waals surface area (Å²) in [7, 11) is -3.75. The van der Waals surface area contributed by atoms with Gasteiger partial charge in [0.05, 0.1) is 34.9 Å². The van der Waals surface area contributed by atoms with Crippen LogP contribution in [0.3, 0.4) is 0 Å². The van der Waals surface area contributed by atoms with Crippen LogP contribution in [0.4, 0.5) is 0 Å². The van der Waals surface area contributed by atoms with Crippen LogP contribution in [0.1, 0.15) is 26.3 Å². The van der Waals surface area contributed by atoms with Gasteiger partial charge >= 0.3 is 0 Å². The summed E-state index contributed by atoms with van der Waals surface area (Å²) in [5, 5.41) is 8.90. The predicted molar refractivity (Wildman–Crippen MR) is 79.6 cm³/mol. The van der Waals surface area contributed by atoms with Crippen molar-refractivity contribution in [2.45, 2.75) is 37.3 Å². The van der Waals surface area contributed by atoms with Gasteiger partial charge in [0, 0.05) is 6.54 Å². The number of benzene rings is 1. The predicted octanol–water partition coefficient (Wildman–Crippen LogP) is 2.40. The Hall–Kier alpha value is -1.13. The molecule has 0 N–H and O–H groups in total. The van der Waals surface area contributed by atoms with Gasteiger partial charge in [0.15, 0.2) is 0 Å². The third-order valence-corrected chi connectivity index (χ3v) is 6.01. The number of hydrogen-bond acceptors (Lipinski definition) is 4. The van der Waals surface area contributed by atoms with E-state index in [2.05, 4.69) is 0 Å². The highest BCUT2D eigenvalue weighted by Crippen LogP contribution is 2.32. The van der Waals surface area contributed by atoms with E-state index in [1.165, 1.54) is 22.5 Å². The molecule has 0 spiro atoms. The summed E-state index contributed by atoms with van der Waals surface area (Å²) in [6.45, 7) is 6.05. The fourth-order valence-corrected chi connectivity index (χ4v) is 4.64. The van der Waals surface area contributed by atoms with E-state index >= 15 is 0 Å². The zero-order valence-electron chi connectivity index (χ0n) is 12.1. The molecule has 1 aromatic rings. The van der Waals surface area contributed by atoms with E-state index in [-0.39, 0.29) is 22.6 Å². The first kappa shape index (κ1) is 16.2. The molecule has 5 nitrogen and oxygen atoms in total. The molecule has 1 fully saturated rings. The molecule has 1 saturated heterocycles. The standard InChI is InChI=1S/C14H17ClN2O3S/c1-10-8-17(14(2,3)9-20-10)21(18,19)13-5-4-11(7-16)6-12(13)15/h4-6,10H,8-9H2,1-3H3. The molecule has 21 heavy (non-hydrogen) atoms. The van der Waals surface area contributed by atoms with Gasteiger partial charge in [-0.05, 0) is 39.0 Å². The summed E-state index contributed by atoms with van der Waals surface area (Å²) in [5.41, 5.74) is -0.323. The van der Waals surface area contributed by atoms with Crippen LogP contribution in [0.15, 0.2) is 23.1 Å². The second-order valence-corrected chi connectivity index (χ2v) is 7.97. The van der Waals surface area contributed by atoms with Crippen LogP contribution in [-0.4, -0.2) is 37.5 Å². The summed E-state index contributed by atoms with van der Waals surface area (Å²) in [6, 6.07) is 6.14. The van der Waals surface area contributed by atoms with Gasteiger partial charge in [-0.1, -0.05) is 11.6 Å². The van der Waals surface area contributed by atoms with Gasteiger partial charge in [0.2, 0.25) is 10.0 Å². The average molecular weight is 329 g/mol. The number of hydrogen-bond donors (Lipinski definition) is 0. The number of rotatable bonds is 2. The van der Waals surface area contributed by atoms with Gasteiger partial charge < -0.3 is 4.74 Å². The van der Waals surface area contributed by atoms with Crippen molar-refractivity contribution in [2.75, 3.05) is 13.2 Å². The smallest absolute Gasteiger partial charge is 0.245 e. The van der Waals surface area contributed by atoms with Gasteiger partial charge in [-0.3, -0.25) is 0 Å². The molecule has 114 valence electrons. The van der Waals surface area contributed by atoms with Gasteiger partial charge in [0.25, 0.3) is 0 Å². The lowest BCUT2D eigenvalue weighted by Gasteiger charge is -2.43. The van der Waals surface area contributed by atoms with Crippen LogP contribution in [0.2, 0.25) is 5.02 Å². The van der Waals surface area contributed by atoms with E-state index in [1.807, 2.05) is 26.8 Å². The Morgan fingerprint density at radius 1 is 1.48 bits per heavy atom. The van der Waals surface area contributed by atoms with Crippen molar-refractivity contribution in [1.29, 1.82) is 5.26 Å². The van der Waals surface area contributed by atoms with Crippen LogP contribution in [0.25, 0.3) is 0 Å². The minimum Gasteiger partial charge on any atom is -0.375 e. The summed E-state index contributed by atoms with van der Waals surface area (Å²) in [4.78, 5) is 0.0188. The molecular formula is C14H17ClN2O3S. The number of halogens is 1. The molecule has 2 rings (SSSR count). The molecule has 1 unspecified atom stereocenters. The maximum Gasteiger partial charge on any atom is 0.245 e. The van der Waals surface area contributed by atoms with E-state index in [4.69, 9.17) is 21.6 Å². The number of nitriles is 1. The van der Waals surface area contributed by atoms with E-state index in [1.54, 1.807) is 0 Å². The number of sulfonamides is 1. The summed E-state index contributed by atoms with van der Waals surface area (Å²) in [5.74, 6) is 0. The molecule has 0 radical (unpaired) electrons. The Morgan fingerprint density at radius 2 is 2.14 bits per heavy atom. The largest absolute Gasteiger partial charge is 0.375 e. The Labute approximate surface area is 130 Å². The van der Waals surface area contributed by atoms with Gasteiger partial charge in [0.1, 0.15) is 4.90 Å². The summed E-state index contributed by atoms with van der Waals surface area (Å²) >= 11 is 6.05. The van der Waals surface area contributed by atoms with Crippen LogP contribution < -0.4 is 0 Å². The van der Waals surface area contributed by atoms with Gasteiger partial charge in [-0.25, -0.2) is 8.42 Å². The molecule has 0 bridgehead atoms. The first-order chi connectivity index (χ1) is 9.68. The highest BCUT2D eigenvalue weighted by atomic mass is 35.5. The Kier molecular flexibility index (Phi) is 4.31. The SMILES string of the molecule is CC1CN(S(=O)(=O)c2ccc(C#N)cc2Cl)C(C)(C)CO1. The molecule has 1 aliphatic rings. The maximum absolute atomic E-state index is 12.9. The molecule has 0 saturated carbocycles. The lowest BCUT2D eigenvalue weighted by atomic mass is 10.1. The van der Waals surface area contributed by atoms with E-state index < -0.39 is 15.6 Å². The van der Waals surface area contributed by atoms with Crippen LogP contribution in [-0.2, 0) is 14.8 Å². The first-order valence-electron chi connectivity index (χ1n) is 6.52. The molecule has 0 aromatic heterocycles. The second kappa shape index (κ2) is 5.58. The number of ether oxygens (including phenoxy) is 1. The number of nitrogens with zero attached hydrogens (tertiary/aromatic N) is 2. The van der Waals surface area contributed by atoms with E-state index in [0.29, 0.717) is 12.2 Å². The average Bonchev–Trinajstić information content (AvgIpc) is 2.40. The molecule has 1 atom stereocenters. The summed E-state index contributed by atoms with van der Waals surface area (Å²) in [6.07, 6.45) is -0.176. The van der Waals surface area contributed by atoms with E-state index in [0.717, 1.165) is 0 Å². The van der Waals surface area contributed by atoms with Crippen LogP contribution in [0, 0.1) is 11.3 Å². The molecule has 1 heterocycles. The van der Waals surface area contributed by atoms with Gasteiger partial charge in [-0.2, -0.15) is 9.57 Å². The van der Waals surface area contributed by atoms with Crippen molar-refractivity contribution < 1.29 is 13.2 Å². The summed E-state index contributed by atoms with van der Waals surface area (Å²) < 4.78 is 32.7. The second-order valence-electron chi connectivity index (χ2n) is 5.73. The fourth-order valence-electron chi connectivity index (χ4n) is 2.27. The fraction of sp³-hybridized carbons (Fsp3) is 0.500. The minimum atomic E-state index is -3.75. The van der Waals surface area contributed by atoms with Crippen LogP contribution >= 0.6 is 11.6 Å². The quantitative estimate of drug-likeness (QED) is 0.835. The van der Waals surface area contributed by atoms with Crippen molar-refractivity contribution in [1.82, 2.24) is 4.31 Å². The number of morpholine rings is 1. The monoisotopic (exact) mass is 328 g/mol. The maximum atomic E-state index is 12.9. The first-order valence-corrected chi connectivity index (χ1v) is 8.34. The van der Waals surface area contributed by atoms with Crippen LogP contribution in [0.5, 0.6) is 0 Å². The van der Waals surface area contributed by atoms with E-state index in [9.17, 15) is 8.42 Å². The normalized spacial score (nSPS) is 22.7. The lowest BCUT2D eigenvalue weighted by Crippen LogP contribution is -2.57. The molecule has 1 aliphatic heterocycles. The highest BCUT2D eigenvalue weighted by molar-refractivity contribution is 7.89. The Bertz CT molecular complexity index is 695. The molecule has 1 aromatic carbocycles. The van der Waals surface area contributed by atoms with Gasteiger partial charge in [-0.15, -0.1) is 0 Å². The van der Waals surface area contributed by atoms with Crippen molar-refractivity contribution in [3.05, 3.63) is 28.8 Å². The lowest BCUT2D eigenvalue weighted by molar-refractivity contribution is -0.0551. The molecular weight excluding hydrogens is 312 g/mol. The molecule has 0 amide bonds. The third-order valence-electron chi connectivity index (χ3n) is 3.45. The van der Waals surface area contributed by atoms with Crippen molar-refractivity contribution in [3.63, 3.8) is 0 Å². The van der Waals surface area contributed by atoms with Crippen molar-refractivity contribution in [2.24, 2.45) is 0 Å². The van der Waals surface area contributed by atoms with Crippen molar-refractivity contribution in [3.8, 4) is 6.07 Å².